The molecule has 0 radical (unpaired) electrons. The third-order valence-electron chi connectivity index (χ3n) is 8.77. The van der Waals surface area contributed by atoms with E-state index in [-0.39, 0.29) is 5.54 Å². The molecule has 0 saturated carbocycles. The number of anilines is 1. The van der Waals surface area contributed by atoms with Crippen molar-refractivity contribution in [3.05, 3.63) is 63.4 Å². The fourth-order valence-corrected chi connectivity index (χ4v) is 13.3. The summed E-state index contributed by atoms with van der Waals surface area (Å²) in [4.78, 5) is 12.7. The predicted octanol–water partition coefficient (Wildman–Crippen LogP) is 10.3. The number of thiophene rings is 1. The number of allylic oxidation sites excluding steroid dienone is 1. The second-order valence-electron chi connectivity index (χ2n) is 12.9. The van der Waals surface area contributed by atoms with Crippen LogP contribution in [0, 0.1) is 0 Å². The molecule has 7 heteroatoms. The van der Waals surface area contributed by atoms with Gasteiger partial charge in [-0.1, -0.05) is 53.7 Å². The minimum absolute atomic E-state index is 0.182. The Balaban J connectivity index is 1.79. The van der Waals surface area contributed by atoms with Gasteiger partial charge in [0.2, 0.25) is 0 Å². The summed E-state index contributed by atoms with van der Waals surface area (Å²) in [6, 6.07) is 10.2. The van der Waals surface area contributed by atoms with Crippen LogP contribution < -0.4 is 19.2 Å². The molecule has 0 amide bonds. The van der Waals surface area contributed by atoms with Crippen LogP contribution in [0.1, 0.15) is 88.7 Å². The molecule has 0 fully saturated rings. The highest BCUT2D eigenvalue weighted by atomic mass is 32.1. The van der Waals surface area contributed by atoms with E-state index in [0.717, 1.165) is 44.9 Å². The molecule has 0 unspecified atom stereocenters. The lowest BCUT2D eigenvalue weighted by molar-refractivity contribution is 0.112. The summed E-state index contributed by atoms with van der Waals surface area (Å²) in [7, 11) is -0.539. The molecule has 222 valence electrons. The van der Waals surface area contributed by atoms with Gasteiger partial charge in [-0.05, 0) is 78.7 Å². The molecular weight excluding hydrogens is 559 g/mol. The Morgan fingerprint density at radius 1 is 0.952 bits per heavy atom. The van der Waals surface area contributed by atoms with Crippen LogP contribution in [-0.2, 0) is 0 Å². The van der Waals surface area contributed by atoms with Gasteiger partial charge in [0.25, 0.3) is 8.32 Å². The van der Waals surface area contributed by atoms with Crippen molar-refractivity contribution in [1.82, 2.24) is 0 Å². The fourth-order valence-electron chi connectivity index (χ4n) is 7.23. The molecule has 0 atom stereocenters. The van der Waals surface area contributed by atoms with Crippen molar-refractivity contribution in [1.29, 1.82) is 0 Å². The largest absolute Gasteiger partial charge is 0.540 e. The van der Waals surface area contributed by atoms with Crippen molar-refractivity contribution in [2.75, 3.05) is 12.4 Å². The Kier molecular flexibility index (Phi) is 7.96. The van der Waals surface area contributed by atoms with Crippen LogP contribution in [0.2, 0.25) is 16.6 Å². The highest BCUT2D eigenvalue weighted by molar-refractivity contribution is 7.11. The Labute approximate surface area is 255 Å². The standard InChI is InChI=1S/C35H43NO4SSi/c1-20(2)42(21(3)4,22(5)6)40-28-14-13-27-33(34(28)38-10)25-11-12-26-31(23(7)18-35(8,9)36-26)32(25)29(39-27)17-30-24(19-37)15-16-41-30/h11-22,36H,1-10H3/b29-17-. The summed E-state index contributed by atoms with van der Waals surface area (Å²) >= 11 is 1.53. The predicted molar refractivity (Wildman–Crippen MR) is 180 cm³/mol. The first-order chi connectivity index (χ1) is 19.8. The summed E-state index contributed by atoms with van der Waals surface area (Å²) in [6.07, 6.45) is 5.15. The maximum Gasteiger partial charge on any atom is 0.258 e. The van der Waals surface area contributed by atoms with Crippen molar-refractivity contribution in [3.8, 4) is 28.4 Å². The Hall–Kier alpha value is -3.29. The maximum absolute atomic E-state index is 11.8. The van der Waals surface area contributed by atoms with Crippen LogP contribution in [-0.4, -0.2) is 27.3 Å². The first-order valence-electron chi connectivity index (χ1n) is 14.8. The van der Waals surface area contributed by atoms with Gasteiger partial charge < -0.3 is 19.2 Å². The molecule has 1 aromatic heterocycles. The Bertz CT molecular complexity index is 1570. The van der Waals surface area contributed by atoms with Crippen LogP contribution in [0.25, 0.3) is 28.5 Å². The maximum atomic E-state index is 11.8. The topological polar surface area (TPSA) is 56.8 Å². The average Bonchev–Trinajstić information content (AvgIpc) is 3.36. The van der Waals surface area contributed by atoms with Gasteiger partial charge in [-0.25, -0.2) is 0 Å². The molecule has 2 aromatic carbocycles. The first kappa shape index (κ1) is 30.2. The summed E-state index contributed by atoms with van der Waals surface area (Å²) < 4.78 is 20.1. The number of carbonyl (C=O) groups is 1. The molecule has 2 aliphatic rings. The van der Waals surface area contributed by atoms with Gasteiger partial charge in [0.15, 0.2) is 12.0 Å². The van der Waals surface area contributed by atoms with Gasteiger partial charge in [0.05, 0.1) is 18.2 Å². The number of nitrogens with one attached hydrogen (secondary N) is 1. The van der Waals surface area contributed by atoms with E-state index in [4.69, 9.17) is 13.9 Å². The monoisotopic (exact) mass is 601 g/mol. The number of benzene rings is 2. The molecule has 3 heterocycles. The molecule has 2 aliphatic heterocycles. The molecule has 0 aliphatic carbocycles. The molecule has 0 spiro atoms. The zero-order valence-electron chi connectivity index (χ0n) is 26.5. The summed E-state index contributed by atoms with van der Waals surface area (Å²) in [5.74, 6) is 2.88. The van der Waals surface area contributed by atoms with E-state index in [1.807, 2.05) is 29.7 Å². The van der Waals surface area contributed by atoms with Crippen molar-refractivity contribution >= 4 is 49.0 Å². The van der Waals surface area contributed by atoms with Crippen molar-refractivity contribution in [2.24, 2.45) is 0 Å². The van der Waals surface area contributed by atoms with Gasteiger partial charge in [0, 0.05) is 32.8 Å². The number of aldehydes is 1. The van der Waals surface area contributed by atoms with E-state index in [0.29, 0.717) is 39.4 Å². The highest BCUT2D eigenvalue weighted by Gasteiger charge is 2.48. The van der Waals surface area contributed by atoms with Crippen LogP contribution in [0.3, 0.4) is 0 Å². The zero-order valence-corrected chi connectivity index (χ0v) is 28.3. The van der Waals surface area contributed by atoms with Crippen LogP contribution in [0.5, 0.6) is 17.2 Å². The van der Waals surface area contributed by atoms with Crippen LogP contribution >= 0.6 is 11.3 Å². The van der Waals surface area contributed by atoms with Crippen molar-refractivity contribution in [2.45, 2.75) is 84.5 Å². The van der Waals surface area contributed by atoms with Gasteiger partial charge in [-0.15, -0.1) is 11.3 Å². The van der Waals surface area contributed by atoms with E-state index in [1.165, 1.54) is 16.9 Å². The lowest BCUT2D eigenvalue weighted by Crippen LogP contribution is -2.50. The Morgan fingerprint density at radius 3 is 2.26 bits per heavy atom. The second kappa shape index (κ2) is 11.1. The van der Waals surface area contributed by atoms with Crippen LogP contribution in [0.4, 0.5) is 5.69 Å². The van der Waals surface area contributed by atoms with Gasteiger partial charge in [0.1, 0.15) is 17.3 Å². The van der Waals surface area contributed by atoms with Gasteiger partial charge in [-0.2, -0.15) is 0 Å². The lowest BCUT2D eigenvalue weighted by atomic mass is 9.83. The highest BCUT2D eigenvalue weighted by Crippen LogP contribution is 2.55. The zero-order chi connectivity index (χ0) is 30.6. The molecule has 0 saturated heterocycles. The van der Waals surface area contributed by atoms with E-state index in [2.05, 4.69) is 85.8 Å². The average molecular weight is 602 g/mol. The Morgan fingerprint density at radius 2 is 1.64 bits per heavy atom. The fraction of sp³-hybridized carbons (Fsp3) is 0.400. The number of hydrogen-bond acceptors (Lipinski definition) is 6. The molecule has 5 nitrogen and oxygen atoms in total. The second-order valence-corrected chi connectivity index (χ2v) is 19.3. The lowest BCUT2D eigenvalue weighted by Gasteiger charge is -2.42. The summed E-state index contributed by atoms with van der Waals surface area (Å²) in [5, 5.41) is 5.62. The number of hydrogen-bond donors (Lipinski definition) is 1. The number of fused-ring (bicyclic) bond motifs is 5. The summed E-state index contributed by atoms with van der Waals surface area (Å²) in [5.41, 5.74) is 7.94. The first-order valence-corrected chi connectivity index (χ1v) is 17.8. The summed E-state index contributed by atoms with van der Waals surface area (Å²) in [6.45, 7) is 20.3. The smallest absolute Gasteiger partial charge is 0.258 e. The third-order valence-corrected chi connectivity index (χ3v) is 15.6. The van der Waals surface area contributed by atoms with E-state index in [9.17, 15) is 4.79 Å². The normalized spacial score (nSPS) is 16.4. The quantitative estimate of drug-likeness (QED) is 0.206. The minimum Gasteiger partial charge on any atom is -0.540 e. The molecule has 0 bridgehead atoms. The SMILES string of the molecule is COc1c(O[Si](C(C)C)(C(C)C)C(C)C)ccc2c1-c1ccc3c(c1/C(=C/c1sccc1C=O)O2)C(C)=CC(C)(C)N3. The molecule has 3 aromatic rings. The number of ether oxygens (including phenoxy) is 2. The molecule has 1 N–H and O–H groups in total. The number of carbonyl (C=O) groups excluding carboxylic acids is 1. The van der Waals surface area contributed by atoms with Gasteiger partial charge in [-0.3, -0.25) is 4.79 Å². The van der Waals surface area contributed by atoms with Crippen molar-refractivity contribution in [3.63, 3.8) is 0 Å². The molecular formula is C35H43NO4SSi. The van der Waals surface area contributed by atoms with Crippen LogP contribution in [0.15, 0.2) is 41.8 Å². The van der Waals surface area contributed by atoms with Gasteiger partial charge >= 0.3 is 0 Å². The van der Waals surface area contributed by atoms with Crippen molar-refractivity contribution < 1.29 is 18.7 Å². The third kappa shape index (κ3) is 4.90. The number of rotatable bonds is 8. The van der Waals surface area contributed by atoms with E-state index >= 15 is 0 Å². The van der Waals surface area contributed by atoms with E-state index in [1.54, 1.807) is 7.11 Å². The molecule has 5 rings (SSSR count). The number of methoxy groups -OCH3 is 1. The molecule has 42 heavy (non-hydrogen) atoms. The van der Waals surface area contributed by atoms with E-state index < -0.39 is 8.32 Å². The minimum atomic E-state index is -2.25.